The van der Waals surface area contributed by atoms with E-state index < -0.39 is 12.1 Å². The molecule has 144 valence electrons. The number of carbonyl (C=O) groups excluding carboxylic acids is 2. The first-order valence-electron chi connectivity index (χ1n) is 8.86. The topological polar surface area (TPSA) is 78.4 Å². The van der Waals surface area contributed by atoms with Crippen molar-refractivity contribution in [1.29, 1.82) is 0 Å². The Labute approximate surface area is 167 Å². The van der Waals surface area contributed by atoms with Crippen LogP contribution >= 0.6 is 11.3 Å². The van der Waals surface area contributed by atoms with Gasteiger partial charge in [-0.05, 0) is 57.2 Å². The summed E-state index contributed by atoms with van der Waals surface area (Å²) in [5, 5.41) is 0.635. The summed E-state index contributed by atoms with van der Waals surface area (Å²) in [7, 11) is 0. The lowest BCUT2D eigenvalue weighted by molar-refractivity contribution is 0.0322. The van der Waals surface area contributed by atoms with Gasteiger partial charge in [0, 0.05) is 11.8 Å². The van der Waals surface area contributed by atoms with Crippen LogP contribution in [0.4, 0.5) is 0 Å². The van der Waals surface area contributed by atoms with E-state index in [-0.39, 0.29) is 5.78 Å². The first-order valence-corrected chi connectivity index (χ1v) is 9.68. The van der Waals surface area contributed by atoms with Gasteiger partial charge in [-0.2, -0.15) is 0 Å². The molecule has 0 unspecified atom stereocenters. The molecule has 7 heteroatoms. The van der Waals surface area contributed by atoms with Crippen LogP contribution in [-0.4, -0.2) is 34.4 Å². The second-order valence-electron chi connectivity index (χ2n) is 6.02. The maximum absolute atomic E-state index is 12.6. The van der Waals surface area contributed by atoms with Gasteiger partial charge in [0.2, 0.25) is 5.78 Å². The smallest absolute Gasteiger partial charge is 0.350 e. The SMILES string of the molecule is CCOc1ccc(C(=O)[C@@H](C)OC(=O)c2sc(-c3ccccn3)nc2C)cc1. The second-order valence-corrected chi connectivity index (χ2v) is 7.02. The number of ketones is 1. The third kappa shape index (κ3) is 4.43. The number of aromatic nitrogens is 2. The first-order chi connectivity index (χ1) is 13.5. The van der Waals surface area contributed by atoms with E-state index in [0.717, 1.165) is 0 Å². The molecule has 0 saturated carbocycles. The first kappa shape index (κ1) is 19.7. The molecule has 6 nitrogen and oxygen atoms in total. The fourth-order valence-corrected chi connectivity index (χ4v) is 3.50. The van der Waals surface area contributed by atoms with Crippen LogP contribution in [0, 0.1) is 6.92 Å². The van der Waals surface area contributed by atoms with Crippen LogP contribution in [-0.2, 0) is 4.74 Å². The second kappa shape index (κ2) is 8.75. The van der Waals surface area contributed by atoms with E-state index in [9.17, 15) is 9.59 Å². The molecule has 0 saturated heterocycles. The third-order valence-electron chi connectivity index (χ3n) is 3.97. The fraction of sp³-hybridized carbons (Fsp3) is 0.238. The summed E-state index contributed by atoms with van der Waals surface area (Å²) in [6.45, 7) is 5.74. The Kier molecular flexibility index (Phi) is 6.16. The average Bonchev–Trinajstić information content (AvgIpc) is 3.11. The van der Waals surface area contributed by atoms with Gasteiger partial charge in [0.15, 0.2) is 6.10 Å². The number of benzene rings is 1. The van der Waals surface area contributed by atoms with Crippen LogP contribution in [0.2, 0.25) is 0 Å². The normalized spacial score (nSPS) is 11.7. The van der Waals surface area contributed by atoms with Gasteiger partial charge in [-0.15, -0.1) is 11.3 Å². The van der Waals surface area contributed by atoms with E-state index in [1.54, 1.807) is 44.3 Å². The number of pyridine rings is 1. The lowest BCUT2D eigenvalue weighted by Crippen LogP contribution is -2.24. The summed E-state index contributed by atoms with van der Waals surface area (Å²) in [5.74, 6) is -0.154. The standard InChI is InChI=1S/C21H20N2O4S/c1-4-26-16-10-8-15(9-11-16)18(24)14(3)27-21(25)19-13(2)23-20(28-19)17-7-5-6-12-22-17/h5-12,14H,4H2,1-3H3/t14-/m1/s1. The molecule has 3 rings (SSSR count). The molecule has 0 bridgehead atoms. The van der Waals surface area contributed by atoms with Crippen molar-refractivity contribution in [3.8, 4) is 16.5 Å². The molecule has 0 fully saturated rings. The Balaban J connectivity index is 1.70. The minimum absolute atomic E-state index is 0.275. The quantitative estimate of drug-likeness (QED) is 0.437. The number of rotatable bonds is 7. The van der Waals surface area contributed by atoms with Crippen molar-refractivity contribution in [2.45, 2.75) is 26.9 Å². The molecular weight excluding hydrogens is 376 g/mol. The minimum atomic E-state index is -0.912. The molecule has 2 heterocycles. The Morgan fingerprint density at radius 2 is 1.89 bits per heavy atom. The van der Waals surface area contributed by atoms with E-state index in [1.165, 1.54) is 11.3 Å². The highest BCUT2D eigenvalue weighted by molar-refractivity contribution is 7.17. The zero-order valence-electron chi connectivity index (χ0n) is 15.8. The van der Waals surface area contributed by atoms with Crippen LogP contribution in [0.3, 0.4) is 0 Å². The molecule has 0 aliphatic rings. The highest BCUT2D eigenvalue weighted by atomic mass is 32.1. The van der Waals surface area contributed by atoms with E-state index in [4.69, 9.17) is 9.47 Å². The van der Waals surface area contributed by atoms with Gasteiger partial charge in [-0.1, -0.05) is 6.07 Å². The molecule has 1 atom stereocenters. The van der Waals surface area contributed by atoms with Crippen LogP contribution in [0.25, 0.3) is 10.7 Å². The number of aryl methyl sites for hydroxylation is 1. The molecular formula is C21H20N2O4S. The van der Waals surface area contributed by atoms with Crippen molar-refractivity contribution in [2.75, 3.05) is 6.61 Å². The molecule has 0 aliphatic carbocycles. The zero-order chi connectivity index (χ0) is 20.1. The average molecular weight is 396 g/mol. The largest absolute Gasteiger partial charge is 0.494 e. The van der Waals surface area contributed by atoms with Crippen LogP contribution in [0.15, 0.2) is 48.7 Å². The van der Waals surface area contributed by atoms with Gasteiger partial charge in [-0.3, -0.25) is 9.78 Å². The number of carbonyl (C=O) groups is 2. The van der Waals surface area contributed by atoms with Gasteiger partial charge in [0.1, 0.15) is 15.6 Å². The van der Waals surface area contributed by atoms with Crippen molar-refractivity contribution >= 4 is 23.1 Å². The molecule has 0 spiro atoms. The van der Waals surface area contributed by atoms with Crippen molar-refractivity contribution < 1.29 is 19.1 Å². The number of hydrogen-bond donors (Lipinski definition) is 0. The van der Waals surface area contributed by atoms with E-state index >= 15 is 0 Å². The van der Waals surface area contributed by atoms with E-state index in [2.05, 4.69) is 9.97 Å². The highest BCUT2D eigenvalue weighted by Crippen LogP contribution is 2.27. The molecule has 0 N–H and O–H groups in total. The number of nitrogens with zero attached hydrogens (tertiary/aromatic N) is 2. The third-order valence-corrected chi connectivity index (χ3v) is 5.13. The molecule has 0 amide bonds. The zero-order valence-corrected chi connectivity index (χ0v) is 16.7. The molecule has 28 heavy (non-hydrogen) atoms. The lowest BCUT2D eigenvalue weighted by Gasteiger charge is -2.12. The lowest BCUT2D eigenvalue weighted by atomic mass is 10.1. The number of hydrogen-bond acceptors (Lipinski definition) is 7. The molecule has 2 aromatic heterocycles. The molecule has 1 aromatic carbocycles. The fourth-order valence-electron chi connectivity index (χ4n) is 2.57. The minimum Gasteiger partial charge on any atom is -0.494 e. The number of esters is 1. The Morgan fingerprint density at radius 3 is 2.54 bits per heavy atom. The van der Waals surface area contributed by atoms with Gasteiger partial charge < -0.3 is 9.47 Å². The van der Waals surface area contributed by atoms with Gasteiger partial charge in [-0.25, -0.2) is 9.78 Å². The Bertz CT molecular complexity index is 968. The van der Waals surface area contributed by atoms with Crippen molar-refractivity contribution in [2.24, 2.45) is 0 Å². The van der Waals surface area contributed by atoms with Gasteiger partial charge >= 0.3 is 5.97 Å². The predicted molar refractivity (Wildman–Crippen MR) is 107 cm³/mol. The van der Waals surface area contributed by atoms with Crippen LogP contribution in [0.5, 0.6) is 5.75 Å². The summed E-state index contributed by atoms with van der Waals surface area (Å²) >= 11 is 1.20. The van der Waals surface area contributed by atoms with Crippen LogP contribution < -0.4 is 4.74 Å². The summed E-state index contributed by atoms with van der Waals surface area (Å²) < 4.78 is 10.8. The maximum Gasteiger partial charge on any atom is 0.350 e. The Morgan fingerprint density at radius 1 is 1.14 bits per heavy atom. The maximum atomic E-state index is 12.6. The van der Waals surface area contributed by atoms with E-state index in [0.29, 0.717) is 39.2 Å². The number of Topliss-reactive ketones (excluding diaryl/α,β-unsaturated/α-hetero) is 1. The molecule has 0 aliphatic heterocycles. The number of ether oxygens (including phenoxy) is 2. The van der Waals surface area contributed by atoms with Gasteiger partial charge in [0.25, 0.3) is 0 Å². The van der Waals surface area contributed by atoms with E-state index in [1.807, 2.05) is 25.1 Å². The summed E-state index contributed by atoms with van der Waals surface area (Å²) in [6, 6.07) is 12.3. The van der Waals surface area contributed by atoms with Gasteiger partial charge in [0.05, 0.1) is 18.0 Å². The summed E-state index contributed by atoms with van der Waals surface area (Å²) in [4.78, 5) is 34.1. The van der Waals surface area contributed by atoms with Crippen molar-refractivity contribution in [1.82, 2.24) is 9.97 Å². The molecule has 3 aromatic rings. The predicted octanol–water partition coefficient (Wildman–Crippen LogP) is 4.34. The van der Waals surface area contributed by atoms with Crippen LogP contribution in [0.1, 0.15) is 39.6 Å². The van der Waals surface area contributed by atoms with Crippen molar-refractivity contribution in [3.63, 3.8) is 0 Å². The number of thiazole rings is 1. The Hall–Kier alpha value is -3.06. The monoisotopic (exact) mass is 396 g/mol. The highest BCUT2D eigenvalue weighted by Gasteiger charge is 2.24. The summed E-state index contributed by atoms with van der Waals surface area (Å²) in [6.07, 6.45) is 0.756. The molecule has 0 radical (unpaired) electrons. The summed E-state index contributed by atoms with van der Waals surface area (Å²) in [5.41, 5.74) is 1.70. The van der Waals surface area contributed by atoms with Crippen molar-refractivity contribution in [3.05, 3.63) is 64.8 Å².